The van der Waals surface area contributed by atoms with Crippen molar-refractivity contribution in [2.45, 2.75) is 38.7 Å². The van der Waals surface area contributed by atoms with E-state index in [4.69, 9.17) is 4.74 Å². The van der Waals surface area contributed by atoms with Crippen LogP contribution in [-0.2, 0) is 16.1 Å². The van der Waals surface area contributed by atoms with Gasteiger partial charge in [0.1, 0.15) is 18.2 Å². The second-order valence-electron chi connectivity index (χ2n) is 8.75. The Labute approximate surface area is 176 Å². The van der Waals surface area contributed by atoms with Gasteiger partial charge in [0.25, 0.3) is 0 Å². The third kappa shape index (κ3) is 3.52. The lowest BCUT2D eigenvalue weighted by molar-refractivity contribution is -0.144. The fourth-order valence-electron chi connectivity index (χ4n) is 4.80. The van der Waals surface area contributed by atoms with Crippen LogP contribution in [0, 0.1) is 11.2 Å². The normalized spacial score (nSPS) is 22.7. The van der Waals surface area contributed by atoms with Crippen molar-refractivity contribution < 1.29 is 19.0 Å². The number of halogens is 1. The smallest absolute Gasteiger partial charge is 0.310 e. The van der Waals surface area contributed by atoms with E-state index in [1.165, 1.54) is 17.2 Å². The molecular formula is C25H26FNO3. The third-order valence-corrected chi connectivity index (χ3v) is 6.73. The van der Waals surface area contributed by atoms with Crippen molar-refractivity contribution in [3.05, 3.63) is 76.4 Å². The Morgan fingerprint density at radius 2 is 1.93 bits per heavy atom. The molecule has 30 heavy (non-hydrogen) atoms. The highest BCUT2D eigenvalue weighted by Gasteiger charge is 2.51. The fourth-order valence-corrected chi connectivity index (χ4v) is 4.80. The predicted octanol–water partition coefficient (Wildman–Crippen LogP) is 4.84. The first kappa shape index (κ1) is 19.3. The van der Waals surface area contributed by atoms with E-state index < -0.39 is 11.4 Å². The largest absolute Gasteiger partial charge is 0.488 e. The molecule has 1 saturated heterocycles. The molecule has 1 aromatic carbocycles. The van der Waals surface area contributed by atoms with Crippen molar-refractivity contribution in [1.29, 1.82) is 0 Å². The summed E-state index contributed by atoms with van der Waals surface area (Å²) in [6.45, 7) is 2.71. The Hall–Kier alpha value is -2.66. The molecule has 0 amide bonds. The second-order valence-corrected chi connectivity index (χ2v) is 8.75. The second kappa shape index (κ2) is 7.55. The van der Waals surface area contributed by atoms with Gasteiger partial charge in [0, 0.05) is 30.8 Å². The van der Waals surface area contributed by atoms with E-state index in [-0.39, 0.29) is 5.82 Å². The number of carboxylic acids is 1. The number of aliphatic carboxylic acids is 1. The molecule has 2 aliphatic carbocycles. The Balaban J connectivity index is 1.49. The van der Waals surface area contributed by atoms with Crippen LogP contribution in [0.2, 0.25) is 0 Å². The monoisotopic (exact) mass is 407 g/mol. The van der Waals surface area contributed by atoms with Crippen LogP contribution in [0.3, 0.4) is 0 Å². The zero-order chi connectivity index (χ0) is 20.7. The number of fused-ring (bicyclic) bond motifs is 1. The Kier molecular flexibility index (Phi) is 4.86. The van der Waals surface area contributed by atoms with Gasteiger partial charge in [0.05, 0.1) is 5.41 Å². The van der Waals surface area contributed by atoms with Gasteiger partial charge in [-0.25, -0.2) is 4.39 Å². The summed E-state index contributed by atoms with van der Waals surface area (Å²) >= 11 is 0. The van der Waals surface area contributed by atoms with Gasteiger partial charge in [0.2, 0.25) is 0 Å². The number of ether oxygens (including phenoxy) is 1. The van der Waals surface area contributed by atoms with Crippen LogP contribution >= 0.6 is 0 Å². The molecule has 2 aliphatic heterocycles. The minimum Gasteiger partial charge on any atom is -0.488 e. The van der Waals surface area contributed by atoms with Gasteiger partial charge in [-0.3, -0.25) is 4.79 Å². The lowest BCUT2D eigenvalue weighted by Crippen LogP contribution is -2.38. The van der Waals surface area contributed by atoms with Gasteiger partial charge in [-0.15, -0.1) is 0 Å². The summed E-state index contributed by atoms with van der Waals surface area (Å²) in [4.78, 5) is 13.9. The molecule has 2 fully saturated rings. The molecule has 1 aromatic rings. The molecule has 0 unspecified atom stereocenters. The lowest BCUT2D eigenvalue weighted by atomic mass is 9.85. The quantitative estimate of drug-likeness (QED) is 0.779. The van der Waals surface area contributed by atoms with E-state index in [1.807, 2.05) is 12.1 Å². The number of hydrogen-bond acceptors (Lipinski definition) is 3. The highest BCUT2D eigenvalue weighted by molar-refractivity contribution is 5.87. The standard InChI is InChI=1S/C25H26FNO3/c26-19-6-7-20-18(14-19)15-30-22-5-3-1-2-4-21(22)23(20)17-8-12-27(13-9-17)16-25(10-11-25)24(28)29/h2-7,14H,1,8-13,15-16H2,(H,28,29). The molecule has 156 valence electrons. The topological polar surface area (TPSA) is 49.8 Å². The number of carboxylic acid groups (broad SMARTS) is 1. The van der Waals surface area contributed by atoms with E-state index in [0.717, 1.165) is 67.7 Å². The van der Waals surface area contributed by atoms with Gasteiger partial charge in [-0.1, -0.05) is 29.9 Å². The molecule has 1 N–H and O–H groups in total. The van der Waals surface area contributed by atoms with E-state index in [1.54, 1.807) is 6.07 Å². The number of hydrogen-bond donors (Lipinski definition) is 1. The number of rotatable bonds is 3. The van der Waals surface area contributed by atoms with Crippen molar-refractivity contribution in [2.24, 2.45) is 5.41 Å². The van der Waals surface area contributed by atoms with Gasteiger partial charge < -0.3 is 14.7 Å². The van der Waals surface area contributed by atoms with E-state index in [0.29, 0.717) is 13.2 Å². The molecule has 5 heteroatoms. The zero-order valence-corrected chi connectivity index (χ0v) is 17.0. The molecular weight excluding hydrogens is 381 g/mol. The molecule has 4 aliphatic rings. The van der Waals surface area contributed by atoms with E-state index >= 15 is 0 Å². The minimum absolute atomic E-state index is 0.247. The summed E-state index contributed by atoms with van der Waals surface area (Å²) in [5.74, 6) is -0.0649. The van der Waals surface area contributed by atoms with Gasteiger partial charge in [-0.05, 0) is 61.4 Å². The van der Waals surface area contributed by atoms with Crippen LogP contribution < -0.4 is 0 Å². The van der Waals surface area contributed by atoms with Crippen LogP contribution in [0.1, 0.15) is 43.2 Å². The summed E-state index contributed by atoms with van der Waals surface area (Å²) in [6, 6.07) is 4.99. The van der Waals surface area contributed by atoms with Crippen molar-refractivity contribution in [2.75, 3.05) is 19.6 Å². The van der Waals surface area contributed by atoms with Gasteiger partial charge in [-0.2, -0.15) is 0 Å². The van der Waals surface area contributed by atoms with E-state index in [9.17, 15) is 14.3 Å². The van der Waals surface area contributed by atoms with Crippen molar-refractivity contribution in [3.8, 4) is 0 Å². The number of likely N-dealkylation sites (tertiary alicyclic amines) is 1. The van der Waals surface area contributed by atoms with E-state index in [2.05, 4.69) is 23.1 Å². The molecule has 2 heterocycles. The number of allylic oxidation sites excluding steroid dienone is 6. The van der Waals surface area contributed by atoms with Crippen molar-refractivity contribution in [1.82, 2.24) is 4.90 Å². The summed E-state index contributed by atoms with van der Waals surface area (Å²) in [5, 5.41) is 9.51. The average molecular weight is 407 g/mol. The molecule has 0 bridgehead atoms. The van der Waals surface area contributed by atoms with Crippen molar-refractivity contribution in [3.63, 3.8) is 0 Å². The van der Waals surface area contributed by atoms with Crippen LogP contribution in [0.5, 0.6) is 0 Å². The summed E-state index contributed by atoms with van der Waals surface area (Å²) in [6.07, 6.45) is 12.6. The predicted molar refractivity (Wildman–Crippen MR) is 113 cm³/mol. The minimum atomic E-state index is -0.659. The maximum absolute atomic E-state index is 13.9. The van der Waals surface area contributed by atoms with Gasteiger partial charge in [0.15, 0.2) is 0 Å². The third-order valence-electron chi connectivity index (χ3n) is 6.73. The number of nitrogens with zero attached hydrogens (tertiary/aromatic N) is 1. The molecule has 4 nitrogen and oxygen atoms in total. The molecule has 0 spiro atoms. The number of carbonyl (C=O) groups is 1. The maximum atomic E-state index is 13.9. The zero-order valence-electron chi connectivity index (χ0n) is 17.0. The highest BCUT2D eigenvalue weighted by Crippen LogP contribution is 2.47. The summed E-state index contributed by atoms with van der Waals surface area (Å²) in [7, 11) is 0. The number of piperidine rings is 1. The maximum Gasteiger partial charge on any atom is 0.310 e. The Morgan fingerprint density at radius 1 is 1.17 bits per heavy atom. The average Bonchev–Trinajstić information content (AvgIpc) is 3.55. The highest BCUT2D eigenvalue weighted by atomic mass is 19.1. The summed E-state index contributed by atoms with van der Waals surface area (Å²) < 4.78 is 20.0. The molecule has 1 saturated carbocycles. The van der Waals surface area contributed by atoms with Crippen LogP contribution in [0.15, 0.2) is 59.4 Å². The number of benzene rings is 1. The first-order valence-corrected chi connectivity index (χ1v) is 10.7. The molecule has 0 atom stereocenters. The molecule has 0 aromatic heterocycles. The Morgan fingerprint density at radius 3 is 2.67 bits per heavy atom. The van der Waals surface area contributed by atoms with Gasteiger partial charge >= 0.3 is 5.97 Å². The first-order chi connectivity index (χ1) is 14.6. The molecule has 0 radical (unpaired) electrons. The van der Waals surface area contributed by atoms with Crippen LogP contribution in [0.4, 0.5) is 4.39 Å². The first-order valence-electron chi connectivity index (χ1n) is 10.7. The fraction of sp³-hybridized carbons (Fsp3) is 0.400. The van der Waals surface area contributed by atoms with Crippen LogP contribution in [-0.4, -0.2) is 35.6 Å². The molecule has 5 rings (SSSR count). The summed E-state index contributed by atoms with van der Waals surface area (Å²) in [5.41, 5.74) is 4.99. The lowest BCUT2D eigenvalue weighted by Gasteiger charge is -2.32. The SMILES string of the molecule is O=C(O)C1(CN2CCC(=C3C4=C(C=CCC=C4)OCc4cc(F)ccc43)CC2)CC1. The Bertz CT molecular complexity index is 1000. The van der Waals surface area contributed by atoms with Crippen molar-refractivity contribution >= 4 is 11.5 Å². The van der Waals surface area contributed by atoms with Crippen LogP contribution in [0.25, 0.3) is 5.57 Å².